The summed E-state index contributed by atoms with van der Waals surface area (Å²) in [6.45, 7) is 0. The molecule has 0 bridgehead atoms. The molecular weight excluding hydrogens is 272 g/mol. The highest BCUT2D eigenvalue weighted by Crippen LogP contribution is 2.29. The molecule has 0 aliphatic heterocycles. The molecule has 2 unspecified atom stereocenters. The van der Waals surface area contributed by atoms with E-state index in [0.717, 1.165) is 19.3 Å². The SMILES string of the molecule is COc1ccc(C(=O)O)cc1NC(=O)C1CCCC(N)C1. The van der Waals surface area contributed by atoms with E-state index in [4.69, 9.17) is 15.6 Å². The largest absolute Gasteiger partial charge is 0.495 e. The van der Waals surface area contributed by atoms with Gasteiger partial charge in [0.05, 0.1) is 18.4 Å². The fourth-order valence-electron chi connectivity index (χ4n) is 2.64. The van der Waals surface area contributed by atoms with Gasteiger partial charge in [-0.2, -0.15) is 0 Å². The van der Waals surface area contributed by atoms with E-state index < -0.39 is 5.97 Å². The molecule has 1 saturated carbocycles. The highest BCUT2D eigenvalue weighted by atomic mass is 16.5. The standard InChI is InChI=1S/C15H20N2O4/c1-21-13-6-5-10(15(19)20)8-12(13)17-14(18)9-3-2-4-11(16)7-9/h5-6,8-9,11H,2-4,7,16H2,1H3,(H,17,18)(H,19,20). The van der Waals surface area contributed by atoms with Gasteiger partial charge >= 0.3 is 5.97 Å². The van der Waals surface area contributed by atoms with E-state index in [1.54, 1.807) is 0 Å². The van der Waals surface area contributed by atoms with E-state index in [-0.39, 0.29) is 23.4 Å². The van der Waals surface area contributed by atoms with Crippen molar-refractivity contribution in [2.45, 2.75) is 31.7 Å². The average Bonchev–Trinajstić information content (AvgIpc) is 2.47. The lowest BCUT2D eigenvalue weighted by Crippen LogP contribution is -2.34. The molecule has 1 amide bonds. The van der Waals surface area contributed by atoms with Gasteiger partial charge in [0.25, 0.3) is 0 Å². The van der Waals surface area contributed by atoms with Crippen LogP contribution in [0.25, 0.3) is 0 Å². The van der Waals surface area contributed by atoms with E-state index >= 15 is 0 Å². The lowest BCUT2D eigenvalue weighted by molar-refractivity contribution is -0.120. The summed E-state index contributed by atoms with van der Waals surface area (Å²) in [5.41, 5.74) is 6.37. The molecule has 21 heavy (non-hydrogen) atoms. The van der Waals surface area contributed by atoms with Crippen LogP contribution in [-0.2, 0) is 4.79 Å². The third-order valence-corrected chi connectivity index (χ3v) is 3.79. The Morgan fingerprint density at radius 3 is 2.76 bits per heavy atom. The number of carboxylic acid groups (broad SMARTS) is 1. The molecule has 0 saturated heterocycles. The molecule has 114 valence electrons. The zero-order chi connectivity index (χ0) is 15.4. The number of ether oxygens (including phenoxy) is 1. The molecular formula is C15H20N2O4. The van der Waals surface area contributed by atoms with Gasteiger partial charge in [-0.25, -0.2) is 4.79 Å². The predicted molar refractivity (Wildman–Crippen MR) is 78.5 cm³/mol. The first-order valence-corrected chi connectivity index (χ1v) is 6.99. The van der Waals surface area contributed by atoms with E-state index in [1.807, 2.05) is 0 Å². The minimum absolute atomic E-state index is 0.0572. The molecule has 0 heterocycles. The monoisotopic (exact) mass is 292 g/mol. The van der Waals surface area contributed by atoms with Crippen LogP contribution in [0.15, 0.2) is 18.2 Å². The number of hydrogen-bond acceptors (Lipinski definition) is 4. The van der Waals surface area contributed by atoms with Crippen molar-refractivity contribution in [3.63, 3.8) is 0 Å². The van der Waals surface area contributed by atoms with Gasteiger partial charge in [0.15, 0.2) is 0 Å². The zero-order valence-electron chi connectivity index (χ0n) is 12.0. The van der Waals surface area contributed by atoms with Gasteiger partial charge in [0.2, 0.25) is 5.91 Å². The summed E-state index contributed by atoms with van der Waals surface area (Å²) in [5.74, 6) is -0.876. The number of rotatable bonds is 4. The summed E-state index contributed by atoms with van der Waals surface area (Å²) in [4.78, 5) is 23.3. The number of methoxy groups -OCH3 is 1. The maximum absolute atomic E-state index is 12.3. The van der Waals surface area contributed by atoms with Crippen molar-refractivity contribution >= 4 is 17.6 Å². The molecule has 0 radical (unpaired) electrons. The smallest absolute Gasteiger partial charge is 0.335 e. The van der Waals surface area contributed by atoms with Crippen molar-refractivity contribution in [1.82, 2.24) is 0 Å². The predicted octanol–water partition coefficient (Wildman–Crippen LogP) is 1.85. The Bertz CT molecular complexity index is 544. The van der Waals surface area contributed by atoms with E-state index in [2.05, 4.69) is 5.32 Å². The number of carbonyl (C=O) groups excluding carboxylic acids is 1. The van der Waals surface area contributed by atoms with Crippen LogP contribution in [0.2, 0.25) is 0 Å². The zero-order valence-corrected chi connectivity index (χ0v) is 12.0. The number of carboxylic acids is 1. The highest BCUT2D eigenvalue weighted by molar-refractivity contribution is 5.96. The van der Waals surface area contributed by atoms with Gasteiger partial charge in [-0.1, -0.05) is 6.42 Å². The van der Waals surface area contributed by atoms with Crippen molar-refractivity contribution in [3.05, 3.63) is 23.8 Å². The summed E-state index contributed by atoms with van der Waals surface area (Å²) in [6.07, 6.45) is 3.35. The third kappa shape index (κ3) is 3.72. The fourth-order valence-corrected chi connectivity index (χ4v) is 2.64. The Hall–Kier alpha value is -2.08. The van der Waals surface area contributed by atoms with Gasteiger partial charge in [-0.15, -0.1) is 0 Å². The van der Waals surface area contributed by atoms with Crippen LogP contribution in [0.3, 0.4) is 0 Å². The second kappa shape index (κ2) is 6.58. The molecule has 2 rings (SSSR count). The number of carbonyl (C=O) groups is 2. The normalized spacial score (nSPS) is 21.6. The number of anilines is 1. The van der Waals surface area contributed by atoms with Crippen LogP contribution < -0.4 is 15.8 Å². The minimum Gasteiger partial charge on any atom is -0.495 e. The van der Waals surface area contributed by atoms with E-state index in [9.17, 15) is 9.59 Å². The molecule has 6 heteroatoms. The summed E-state index contributed by atoms with van der Waals surface area (Å²) in [7, 11) is 1.47. The minimum atomic E-state index is -1.05. The van der Waals surface area contributed by atoms with Crippen LogP contribution in [0.1, 0.15) is 36.0 Å². The fraction of sp³-hybridized carbons (Fsp3) is 0.467. The first kappa shape index (κ1) is 15.3. The first-order valence-electron chi connectivity index (χ1n) is 6.99. The van der Waals surface area contributed by atoms with E-state index in [1.165, 1.54) is 25.3 Å². The van der Waals surface area contributed by atoms with Gasteiger partial charge in [0.1, 0.15) is 5.75 Å². The Labute approximate surface area is 123 Å². The first-order chi connectivity index (χ1) is 10.0. The number of aromatic carboxylic acids is 1. The second-order valence-electron chi connectivity index (χ2n) is 5.33. The number of amides is 1. The summed E-state index contributed by atoms with van der Waals surface area (Å²) >= 11 is 0. The van der Waals surface area contributed by atoms with Gasteiger partial charge in [0, 0.05) is 12.0 Å². The Morgan fingerprint density at radius 2 is 2.14 bits per heavy atom. The lowest BCUT2D eigenvalue weighted by Gasteiger charge is -2.26. The van der Waals surface area contributed by atoms with Gasteiger partial charge in [-0.3, -0.25) is 4.79 Å². The maximum Gasteiger partial charge on any atom is 0.335 e. The van der Waals surface area contributed by atoms with Gasteiger partial charge in [-0.05, 0) is 37.5 Å². The lowest BCUT2D eigenvalue weighted by atomic mass is 9.85. The third-order valence-electron chi connectivity index (χ3n) is 3.79. The molecule has 1 fully saturated rings. The van der Waals surface area contributed by atoms with Crippen LogP contribution in [-0.4, -0.2) is 30.1 Å². The molecule has 2 atom stereocenters. The molecule has 1 aromatic rings. The molecule has 0 aromatic heterocycles. The van der Waals surface area contributed by atoms with Crippen molar-refractivity contribution in [2.24, 2.45) is 11.7 Å². The van der Waals surface area contributed by atoms with Crippen molar-refractivity contribution in [3.8, 4) is 5.75 Å². The second-order valence-corrected chi connectivity index (χ2v) is 5.33. The van der Waals surface area contributed by atoms with Crippen LogP contribution in [0, 0.1) is 5.92 Å². The quantitative estimate of drug-likeness (QED) is 0.786. The molecule has 1 aromatic carbocycles. The Morgan fingerprint density at radius 1 is 1.38 bits per heavy atom. The van der Waals surface area contributed by atoms with Crippen molar-refractivity contribution in [1.29, 1.82) is 0 Å². The number of nitrogens with one attached hydrogen (secondary N) is 1. The van der Waals surface area contributed by atoms with Crippen LogP contribution in [0.4, 0.5) is 5.69 Å². The molecule has 1 aliphatic carbocycles. The number of hydrogen-bond donors (Lipinski definition) is 3. The highest BCUT2D eigenvalue weighted by Gasteiger charge is 2.26. The van der Waals surface area contributed by atoms with Crippen LogP contribution in [0.5, 0.6) is 5.75 Å². The molecule has 6 nitrogen and oxygen atoms in total. The summed E-state index contributed by atoms with van der Waals surface area (Å²) < 4.78 is 5.16. The Balaban J connectivity index is 2.15. The Kier molecular flexibility index (Phi) is 4.80. The molecule has 4 N–H and O–H groups in total. The molecule has 0 spiro atoms. The van der Waals surface area contributed by atoms with Crippen molar-refractivity contribution < 1.29 is 19.4 Å². The maximum atomic E-state index is 12.3. The van der Waals surface area contributed by atoms with E-state index in [0.29, 0.717) is 17.9 Å². The summed E-state index contributed by atoms with van der Waals surface area (Å²) in [6, 6.07) is 4.43. The summed E-state index contributed by atoms with van der Waals surface area (Å²) in [5, 5.41) is 11.8. The number of benzene rings is 1. The number of nitrogens with two attached hydrogens (primary N) is 1. The average molecular weight is 292 g/mol. The van der Waals surface area contributed by atoms with Crippen molar-refractivity contribution in [2.75, 3.05) is 12.4 Å². The van der Waals surface area contributed by atoms with Gasteiger partial charge < -0.3 is 20.9 Å². The van der Waals surface area contributed by atoms with Crippen LogP contribution >= 0.6 is 0 Å². The topological polar surface area (TPSA) is 102 Å². The molecule has 1 aliphatic rings.